The Morgan fingerprint density at radius 2 is 2.14 bits per heavy atom. The Morgan fingerprint density at radius 3 is 2.91 bits per heavy atom. The van der Waals surface area contributed by atoms with Crippen LogP contribution in [0.3, 0.4) is 0 Å². The average Bonchev–Trinajstić information content (AvgIpc) is 2.53. The van der Waals surface area contributed by atoms with E-state index in [0.29, 0.717) is 36.0 Å². The van der Waals surface area contributed by atoms with Gasteiger partial charge in [-0.2, -0.15) is 0 Å². The largest absolute Gasteiger partial charge is 0.489 e. The Labute approximate surface area is 133 Å². The van der Waals surface area contributed by atoms with Gasteiger partial charge in [-0.3, -0.25) is 0 Å². The molecule has 4 nitrogen and oxygen atoms in total. The van der Waals surface area contributed by atoms with E-state index >= 15 is 0 Å². The monoisotopic (exact) mass is 318 g/mol. The lowest BCUT2D eigenvalue weighted by Crippen LogP contribution is -2.30. The van der Waals surface area contributed by atoms with Crippen LogP contribution >= 0.6 is 11.6 Å². The summed E-state index contributed by atoms with van der Waals surface area (Å²) in [5, 5.41) is 9.70. The maximum absolute atomic E-state index is 11.0. The topological polar surface area (TPSA) is 55.8 Å². The van der Waals surface area contributed by atoms with Crippen molar-refractivity contribution < 1.29 is 19.4 Å². The number of rotatable bonds is 4. The number of ether oxygens (including phenoxy) is 2. The van der Waals surface area contributed by atoms with Crippen LogP contribution in [-0.4, -0.2) is 17.2 Å². The normalized spacial score (nSPS) is 16.5. The third-order valence-electron chi connectivity index (χ3n) is 3.61. The van der Waals surface area contributed by atoms with Gasteiger partial charge in [0, 0.05) is 16.7 Å². The van der Waals surface area contributed by atoms with Crippen molar-refractivity contribution >= 4 is 17.6 Å². The summed E-state index contributed by atoms with van der Waals surface area (Å²) in [6.45, 7) is 0.348. The van der Waals surface area contributed by atoms with Gasteiger partial charge < -0.3 is 14.6 Å². The molecule has 0 aliphatic carbocycles. The van der Waals surface area contributed by atoms with Gasteiger partial charge in [-0.25, -0.2) is 4.79 Å². The minimum atomic E-state index is -0.937. The molecular formula is C17H15ClO4. The number of carbonyl (C=O) groups is 1. The lowest BCUT2D eigenvalue weighted by atomic mass is 10.0. The quantitative estimate of drug-likeness (QED) is 0.934. The zero-order valence-electron chi connectivity index (χ0n) is 11.8. The second kappa shape index (κ2) is 6.28. The lowest BCUT2D eigenvalue weighted by molar-refractivity contribution is -0.145. The fraction of sp³-hybridized carbons (Fsp3) is 0.235. The van der Waals surface area contributed by atoms with E-state index in [2.05, 4.69) is 0 Å². The van der Waals surface area contributed by atoms with Crippen molar-refractivity contribution in [3.8, 4) is 11.5 Å². The highest BCUT2D eigenvalue weighted by Crippen LogP contribution is 2.32. The number of halogens is 1. The van der Waals surface area contributed by atoms with Crippen LogP contribution in [0.1, 0.15) is 17.5 Å². The van der Waals surface area contributed by atoms with Gasteiger partial charge in [0.15, 0.2) is 6.10 Å². The first-order valence-corrected chi connectivity index (χ1v) is 7.40. The summed E-state index contributed by atoms with van der Waals surface area (Å²) >= 11 is 6.09. The van der Waals surface area contributed by atoms with Gasteiger partial charge in [-0.05, 0) is 30.5 Å². The van der Waals surface area contributed by atoms with Crippen LogP contribution in [-0.2, 0) is 17.8 Å². The van der Waals surface area contributed by atoms with Crippen molar-refractivity contribution in [2.45, 2.75) is 25.6 Å². The van der Waals surface area contributed by atoms with Crippen molar-refractivity contribution in [3.05, 3.63) is 58.6 Å². The molecule has 0 unspecified atom stereocenters. The molecule has 2 aromatic rings. The Bertz CT molecular complexity index is 699. The van der Waals surface area contributed by atoms with Gasteiger partial charge in [-0.15, -0.1) is 0 Å². The van der Waals surface area contributed by atoms with Crippen molar-refractivity contribution in [2.75, 3.05) is 0 Å². The van der Waals surface area contributed by atoms with Crippen LogP contribution in [0.2, 0.25) is 5.02 Å². The van der Waals surface area contributed by atoms with E-state index < -0.39 is 12.1 Å². The summed E-state index contributed by atoms with van der Waals surface area (Å²) in [7, 11) is 0. The van der Waals surface area contributed by atoms with E-state index in [9.17, 15) is 4.79 Å². The Kier molecular flexibility index (Phi) is 4.20. The van der Waals surface area contributed by atoms with Crippen LogP contribution in [0.25, 0.3) is 0 Å². The highest BCUT2D eigenvalue weighted by Gasteiger charge is 2.25. The van der Waals surface area contributed by atoms with Gasteiger partial charge in [0.25, 0.3) is 0 Å². The predicted molar refractivity (Wildman–Crippen MR) is 82.6 cm³/mol. The molecule has 1 aliphatic rings. The van der Waals surface area contributed by atoms with E-state index in [4.69, 9.17) is 26.2 Å². The maximum Gasteiger partial charge on any atom is 0.344 e. The van der Waals surface area contributed by atoms with E-state index in [0.717, 1.165) is 11.1 Å². The van der Waals surface area contributed by atoms with Gasteiger partial charge in [-0.1, -0.05) is 35.9 Å². The summed E-state index contributed by atoms with van der Waals surface area (Å²) in [5.74, 6) is 0.271. The third-order valence-corrected chi connectivity index (χ3v) is 3.98. The zero-order chi connectivity index (χ0) is 15.5. The van der Waals surface area contributed by atoms with Crippen LogP contribution in [0, 0.1) is 0 Å². The van der Waals surface area contributed by atoms with Crippen LogP contribution in [0.5, 0.6) is 11.5 Å². The number of carboxylic acids is 1. The number of hydrogen-bond donors (Lipinski definition) is 1. The van der Waals surface area contributed by atoms with Crippen molar-refractivity contribution in [3.63, 3.8) is 0 Å². The highest BCUT2D eigenvalue weighted by atomic mass is 35.5. The average molecular weight is 319 g/mol. The number of carboxylic acid groups (broad SMARTS) is 1. The summed E-state index contributed by atoms with van der Waals surface area (Å²) < 4.78 is 11.2. The Hall–Kier alpha value is -2.20. The maximum atomic E-state index is 11.0. The first-order chi connectivity index (χ1) is 10.6. The molecule has 2 aromatic carbocycles. The van der Waals surface area contributed by atoms with Crippen LogP contribution < -0.4 is 9.47 Å². The molecule has 3 rings (SSSR count). The molecule has 0 fully saturated rings. The van der Waals surface area contributed by atoms with Crippen LogP contribution in [0.15, 0.2) is 42.5 Å². The van der Waals surface area contributed by atoms with Crippen molar-refractivity contribution in [1.29, 1.82) is 0 Å². The summed E-state index contributed by atoms with van der Waals surface area (Å²) in [6.07, 6.45) is 0.394. The van der Waals surface area contributed by atoms with Crippen molar-refractivity contribution in [2.24, 2.45) is 0 Å². The van der Waals surface area contributed by atoms with E-state index in [1.807, 2.05) is 36.4 Å². The van der Waals surface area contributed by atoms with E-state index in [1.165, 1.54) is 0 Å². The molecule has 0 saturated carbocycles. The van der Waals surface area contributed by atoms with E-state index in [1.54, 1.807) is 6.07 Å². The number of aliphatic carboxylic acids is 1. The standard InChI is InChI=1S/C17H15ClO4/c18-14-4-2-1-3-12(14)10-21-13-7-5-11-6-8-15(17(19)20)22-16(11)9-13/h1-5,7,9,15H,6,8,10H2,(H,19,20)/t15-/m0/s1. The third kappa shape index (κ3) is 3.17. The molecule has 1 aliphatic heterocycles. The molecule has 5 heteroatoms. The molecule has 114 valence electrons. The first-order valence-electron chi connectivity index (χ1n) is 7.02. The molecule has 0 saturated heterocycles. The number of aryl methyl sites for hydroxylation is 1. The summed E-state index contributed by atoms with van der Waals surface area (Å²) in [4.78, 5) is 11.0. The minimum Gasteiger partial charge on any atom is -0.489 e. The fourth-order valence-electron chi connectivity index (χ4n) is 2.39. The van der Waals surface area contributed by atoms with Gasteiger partial charge >= 0.3 is 5.97 Å². The molecule has 22 heavy (non-hydrogen) atoms. The molecule has 0 spiro atoms. The second-order valence-electron chi connectivity index (χ2n) is 5.13. The molecular weight excluding hydrogens is 304 g/mol. The molecule has 0 amide bonds. The predicted octanol–water partition coefficient (Wildman–Crippen LogP) is 3.70. The second-order valence-corrected chi connectivity index (χ2v) is 5.54. The zero-order valence-corrected chi connectivity index (χ0v) is 12.5. The summed E-state index contributed by atoms with van der Waals surface area (Å²) in [5.41, 5.74) is 1.90. The molecule has 1 heterocycles. The Balaban J connectivity index is 1.72. The van der Waals surface area contributed by atoms with Gasteiger partial charge in [0.05, 0.1) is 0 Å². The number of hydrogen-bond acceptors (Lipinski definition) is 3. The lowest BCUT2D eigenvalue weighted by Gasteiger charge is -2.23. The fourth-order valence-corrected chi connectivity index (χ4v) is 2.58. The number of benzene rings is 2. The molecule has 0 radical (unpaired) electrons. The summed E-state index contributed by atoms with van der Waals surface area (Å²) in [6, 6.07) is 13.0. The molecule has 1 atom stereocenters. The van der Waals surface area contributed by atoms with E-state index in [-0.39, 0.29) is 0 Å². The van der Waals surface area contributed by atoms with Crippen molar-refractivity contribution in [1.82, 2.24) is 0 Å². The smallest absolute Gasteiger partial charge is 0.344 e. The minimum absolute atomic E-state index is 0.348. The van der Waals surface area contributed by atoms with Gasteiger partial charge in [0.1, 0.15) is 18.1 Å². The molecule has 0 aromatic heterocycles. The molecule has 1 N–H and O–H groups in total. The Morgan fingerprint density at radius 1 is 1.32 bits per heavy atom. The van der Waals surface area contributed by atoms with Gasteiger partial charge in [0.2, 0.25) is 0 Å². The number of fused-ring (bicyclic) bond motifs is 1. The molecule has 0 bridgehead atoms. The highest BCUT2D eigenvalue weighted by molar-refractivity contribution is 6.31. The van der Waals surface area contributed by atoms with Crippen LogP contribution in [0.4, 0.5) is 0 Å². The SMILES string of the molecule is O=C(O)[C@@H]1CCc2ccc(OCc3ccccc3Cl)cc2O1. The first kappa shape index (κ1) is 14.7.